The van der Waals surface area contributed by atoms with E-state index in [0.717, 1.165) is 22.7 Å². The molecule has 1 aliphatic rings. The Morgan fingerprint density at radius 3 is 1.35 bits per heavy atom. The van der Waals surface area contributed by atoms with Crippen LogP contribution in [0.2, 0.25) is 0 Å². The highest BCUT2D eigenvalue weighted by molar-refractivity contribution is 7.14. The van der Waals surface area contributed by atoms with Crippen LogP contribution < -0.4 is 9.47 Å². The normalized spacial score (nSPS) is 17.3. The molecule has 12 heteroatoms. The molecule has 224 valence electrons. The molecule has 0 saturated carbocycles. The smallest absolute Gasteiger partial charge is 0.380 e. The van der Waals surface area contributed by atoms with E-state index in [1.54, 1.807) is 62.9 Å². The molecule has 0 radical (unpaired) electrons. The third-order valence-electron chi connectivity index (χ3n) is 7.01. The number of halogens is 6. The van der Waals surface area contributed by atoms with Gasteiger partial charge in [0, 0.05) is 58.6 Å². The molecule has 0 fully saturated rings. The number of ether oxygens (including phenoxy) is 2. The second-order valence-electron chi connectivity index (χ2n) is 9.56. The maximum Gasteiger partial charge on any atom is 0.380 e. The quantitative estimate of drug-likeness (QED) is 0.143. The maximum atomic E-state index is 15.4. The molecule has 0 N–H and O–H groups in total. The molecule has 4 nitrogen and oxygen atoms in total. The number of allylic oxidation sites excluding steroid dienone is 2. The minimum atomic E-state index is -5.65. The fourth-order valence-corrected chi connectivity index (χ4v) is 6.76. The average molecular weight is 635 g/mol. The minimum absolute atomic E-state index is 0.406. The Morgan fingerprint density at radius 1 is 0.605 bits per heavy atom. The van der Waals surface area contributed by atoms with E-state index in [9.17, 15) is 8.78 Å². The molecule has 0 amide bonds. The molecule has 43 heavy (non-hydrogen) atoms. The number of thiophene rings is 2. The van der Waals surface area contributed by atoms with Crippen LogP contribution in [0.25, 0.3) is 32.0 Å². The van der Waals surface area contributed by atoms with Crippen molar-refractivity contribution in [3.05, 3.63) is 81.5 Å². The zero-order valence-electron chi connectivity index (χ0n) is 23.2. The van der Waals surface area contributed by atoms with E-state index in [4.69, 9.17) is 9.47 Å². The standard InChI is InChI=1S/C31H24F6N2O2S2/c1-38-13-19-9-17(5-7-23(19)40-3)25-11-21(15-42-25)27-28(30(34,35)31(36,37)29(27,32)33)22-12-26(43-16-22)18-6-8-24(41-4)20(10-18)14-39-2/h5-16H,1-4H3/b38-13+,39-14+. The fraction of sp³-hybridized carbons (Fsp3) is 0.226. The lowest BCUT2D eigenvalue weighted by atomic mass is 9.97. The first-order chi connectivity index (χ1) is 20.4. The number of methoxy groups -OCH3 is 2. The Labute approximate surface area is 251 Å². The van der Waals surface area contributed by atoms with Crippen molar-refractivity contribution in [2.24, 2.45) is 9.98 Å². The molecule has 1 aliphatic carbocycles. The summed E-state index contributed by atoms with van der Waals surface area (Å²) in [6.45, 7) is 0. The summed E-state index contributed by atoms with van der Waals surface area (Å²) in [4.78, 5) is 8.78. The number of nitrogens with zero attached hydrogens (tertiary/aromatic N) is 2. The molecule has 0 unspecified atom stereocenters. The third kappa shape index (κ3) is 4.96. The van der Waals surface area contributed by atoms with Crippen molar-refractivity contribution < 1.29 is 35.8 Å². The third-order valence-corrected chi connectivity index (χ3v) is 8.97. The Kier molecular flexibility index (Phi) is 8.03. The molecule has 2 aromatic carbocycles. The number of rotatable bonds is 8. The van der Waals surface area contributed by atoms with Crippen LogP contribution in [0.3, 0.4) is 0 Å². The molecular formula is C31H24F6N2O2S2. The van der Waals surface area contributed by atoms with E-state index in [1.807, 2.05) is 0 Å². The lowest BCUT2D eigenvalue weighted by molar-refractivity contribution is -0.254. The van der Waals surface area contributed by atoms with Gasteiger partial charge < -0.3 is 9.47 Å². The van der Waals surface area contributed by atoms with Gasteiger partial charge in [0.15, 0.2) is 0 Å². The van der Waals surface area contributed by atoms with Crippen LogP contribution in [-0.4, -0.2) is 58.5 Å². The second kappa shape index (κ2) is 11.3. The largest absolute Gasteiger partial charge is 0.496 e. The molecule has 0 saturated heterocycles. The van der Waals surface area contributed by atoms with Gasteiger partial charge in [-0.15, -0.1) is 22.7 Å². The topological polar surface area (TPSA) is 43.2 Å². The number of hydrogen-bond donors (Lipinski definition) is 0. The van der Waals surface area contributed by atoms with E-state index in [-0.39, 0.29) is 0 Å². The number of hydrogen-bond acceptors (Lipinski definition) is 6. The van der Waals surface area contributed by atoms with E-state index >= 15 is 17.6 Å². The summed E-state index contributed by atoms with van der Waals surface area (Å²) in [7, 11) is 6.08. The maximum absolute atomic E-state index is 15.4. The van der Waals surface area contributed by atoms with Gasteiger partial charge >= 0.3 is 17.8 Å². The van der Waals surface area contributed by atoms with Crippen LogP contribution in [0.4, 0.5) is 26.3 Å². The van der Waals surface area contributed by atoms with Gasteiger partial charge in [-0.1, -0.05) is 0 Å². The van der Waals surface area contributed by atoms with Crippen LogP contribution in [0.5, 0.6) is 11.5 Å². The predicted octanol–water partition coefficient (Wildman–Crippen LogP) is 9.09. The average Bonchev–Trinajstić information content (AvgIpc) is 3.68. The van der Waals surface area contributed by atoms with E-state index in [2.05, 4.69) is 9.98 Å². The van der Waals surface area contributed by atoms with Crippen LogP contribution >= 0.6 is 22.7 Å². The van der Waals surface area contributed by atoms with Gasteiger partial charge in [0.05, 0.1) is 14.2 Å². The van der Waals surface area contributed by atoms with Gasteiger partial charge in [0.1, 0.15) is 11.5 Å². The summed E-state index contributed by atoms with van der Waals surface area (Å²) in [5, 5.41) is 2.39. The van der Waals surface area contributed by atoms with Crippen LogP contribution in [-0.2, 0) is 0 Å². The zero-order chi connectivity index (χ0) is 31.2. The van der Waals surface area contributed by atoms with Gasteiger partial charge in [-0.2, -0.15) is 26.3 Å². The molecule has 2 aromatic heterocycles. The highest BCUT2D eigenvalue weighted by Crippen LogP contribution is 2.65. The Balaban J connectivity index is 1.65. The molecule has 0 spiro atoms. The number of benzene rings is 2. The van der Waals surface area contributed by atoms with Crippen molar-refractivity contribution in [2.45, 2.75) is 17.8 Å². The summed E-state index contributed by atoms with van der Waals surface area (Å²) in [6, 6.07) is 12.4. The number of aliphatic imine (C=N–C) groups is 2. The summed E-state index contributed by atoms with van der Waals surface area (Å²) in [5.74, 6) is -14.9. The summed E-state index contributed by atoms with van der Waals surface area (Å²) >= 11 is 1.95. The molecule has 5 rings (SSSR count). The van der Waals surface area contributed by atoms with Crippen molar-refractivity contribution in [3.8, 4) is 32.4 Å². The van der Waals surface area contributed by atoms with Gasteiger partial charge in [-0.05, 0) is 81.5 Å². The van der Waals surface area contributed by atoms with Crippen molar-refractivity contribution in [1.29, 1.82) is 0 Å². The van der Waals surface area contributed by atoms with Crippen LogP contribution in [0, 0.1) is 0 Å². The fourth-order valence-electron chi connectivity index (χ4n) is 4.97. The molecule has 0 aliphatic heterocycles. The van der Waals surface area contributed by atoms with E-state index in [1.165, 1.54) is 37.1 Å². The lowest BCUT2D eigenvalue weighted by Gasteiger charge is -2.25. The highest BCUT2D eigenvalue weighted by Gasteiger charge is 2.80. The molecule has 0 bridgehead atoms. The summed E-state index contributed by atoms with van der Waals surface area (Å²) in [6.07, 6.45) is 3.08. The van der Waals surface area contributed by atoms with Gasteiger partial charge in [-0.3, -0.25) is 9.98 Å². The van der Waals surface area contributed by atoms with E-state index < -0.39 is 40.0 Å². The Bertz CT molecular complexity index is 1650. The molecule has 0 atom stereocenters. The zero-order valence-corrected chi connectivity index (χ0v) is 24.9. The molecule has 2 heterocycles. The van der Waals surface area contributed by atoms with E-state index in [0.29, 0.717) is 43.5 Å². The minimum Gasteiger partial charge on any atom is -0.496 e. The van der Waals surface area contributed by atoms with Crippen molar-refractivity contribution in [3.63, 3.8) is 0 Å². The molecular weight excluding hydrogens is 610 g/mol. The first kappa shape index (κ1) is 30.6. The number of alkyl halides is 6. The van der Waals surface area contributed by atoms with Crippen molar-refractivity contribution in [1.82, 2.24) is 0 Å². The highest BCUT2D eigenvalue weighted by atomic mass is 32.1. The van der Waals surface area contributed by atoms with Crippen LogP contribution in [0.1, 0.15) is 22.3 Å². The Hall–Kier alpha value is -3.90. The van der Waals surface area contributed by atoms with Gasteiger partial charge in [0.2, 0.25) is 0 Å². The van der Waals surface area contributed by atoms with Crippen molar-refractivity contribution >= 4 is 46.2 Å². The summed E-state index contributed by atoms with van der Waals surface area (Å²) in [5.41, 5.74) is -1.30. The monoisotopic (exact) mass is 634 g/mol. The Morgan fingerprint density at radius 2 is 1.00 bits per heavy atom. The summed E-state index contributed by atoms with van der Waals surface area (Å²) < 4.78 is 102. The molecule has 4 aromatic rings. The first-order valence-electron chi connectivity index (χ1n) is 12.7. The van der Waals surface area contributed by atoms with Crippen molar-refractivity contribution in [2.75, 3.05) is 28.3 Å². The van der Waals surface area contributed by atoms with Crippen LogP contribution in [0.15, 0.2) is 69.3 Å². The SMILES string of the molecule is C/N=C/c1cc(-c2cc(C3=C(c4csc(-c5ccc(OC)c(/C=N/C)c5)c4)C(F)(F)C(F)(F)C3(F)F)cs2)ccc1OC. The predicted molar refractivity (Wildman–Crippen MR) is 161 cm³/mol. The second-order valence-corrected chi connectivity index (χ2v) is 11.4. The van der Waals surface area contributed by atoms with Gasteiger partial charge in [0.25, 0.3) is 0 Å². The van der Waals surface area contributed by atoms with Gasteiger partial charge in [-0.25, -0.2) is 0 Å². The first-order valence-corrected chi connectivity index (χ1v) is 14.4. The lowest BCUT2D eigenvalue weighted by Crippen LogP contribution is -2.48.